The second-order valence-electron chi connectivity index (χ2n) is 7.73. The van der Waals surface area contributed by atoms with E-state index in [9.17, 15) is 0 Å². The Kier molecular flexibility index (Phi) is 5.66. The van der Waals surface area contributed by atoms with Crippen molar-refractivity contribution in [3.05, 3.63) is 53.3 Å². The molecule has 144 valence electrons. The zero-order chi connectivity index (χ0) is 18.6. The van der Waals surface area contributed by atoms with E-state index in [-0.39, 0.29) is 0 Å². The summed E-state index contributed by atoms with van der Waals surface area (Å²) in [5, 5.41) is 0. The molecule has 0 unspecified atom stereocenters. The summed E-state index contributed by atoms with van der Waals surface area (Å²) in [6.45, 7) is 6.19. The molecule has 1 fully saturated rings. The summed E-state index contributed by atoms with van der Waals surface area (Å²) < 4.78 is 5.39. The van der Waals surface area contributed by atoms with Crippen molar-refractivity contribution in [2.24, 2.45) is 0 Å². The van der Waals surface area contributed by atoms with Crippen LogP contribution in [-0.2, 0) is 24.2 Å². The maximum Gasteiger partial charge on any atom is 0.225 e. The number of hydrogen-bond donors (Lipinski definition) is 0. The molecule has 1 atom stereocenters. The second-order valence-corrected chi connectivity index (χ2v) is 7.73. The van der Waals surface area contributed by atoms with Gasteiger partial charge in [0.05, 0.1) is 13.2 Å². The highest BCUT2D eigenvalue weighted by Gasteiger charge is 2.24. The Morgan fingerprint density at radius 2 is 1.81 bits per heavy atom. The summed E-state index contributed by atoms with van der Waals surface area (Å²) in [5.74, 6) is 0.813. The number of morpholine rings is 1. The minimum absolute atomic E-state index is 0.540. The Hall–Kier alpha value is -2.02. The first-order chi connectivity index (χ1) is 13.2. The molecule has 6 heteroatoms. The maximum absolute atomic E-state index is 5.39. The van der Waals surface area contributed by atoms with Crippen molar-refractivity contribution < 1.29 is 4.74 Å². The van der Waals surface area contributed by atoms with Crippen LogP contribution in [0.3, 0.4) is 0 Å². The molecule has 2 aromatic rings. The molecule has 0 bridgehead atoms. The Bertz CT molecular complexity index is 744. The smallest absolute Gasteiger partial charge is 0.225 e. The fourth-order valence-electron chi connectivity index (χ4n) is 4.01. The van der Waals surface area contributed by atoms with Crippen molar-refractivity contribution in [3.8, 4) is 0 Å². The minimum Gasteiger partial charge on any atom is -0.378 e. The van der Waals surface area contributed by atoms with Gasteiger partial charge in [0.2, 0.25) is 5.95 Å². The van der Waals surface area contributed by atoms with E-state index in [0.717, 1.165) is 63.9 Å². The normalized spacial score (nSPS) is 20.7. The molecular formula is C21H29N5O. The molecule has 2 aliphatic heterocycles. The summed E-state index contributed by atoms with van der Waals surface area (Å²) >= 11 is 0. The number of aromatic nitrogens is 2. The first kappa shape index (κ1) is 18.3. The van der Waals surface area contributed by atoms with E-state index < -0.39 is 0 Å². The quantitative estimate of drug-likeness (QED) is 0.803. The lowest BCUT2D eigenvalue weighted by Gasteiger charge is -2.36. The molecule has 4 rings (SSSR count). The number of rotatable bonds is 5. The predicted octanol–water partition coefficient (Wildman–Crippen LogP) is 1.80. The standard InChI is InChI=1S/C21H29N5O/c1-24(16-20-11-18-5-3-4-6-19(18)15-25(20)2)14-17-12-22-21(23-13-17)26-7-9-27-10-8-26/h3-6,12-13,20H,7-11,14-16H2,1-2H3/t20-/m1/s1. The zero-order valence-electron chi connectivity index (χ0n) is 16.3. The summed E-state index contributed by atoms with van der Waals surface area (Å²) in [7, 11) is 4.42. The van der Waals surface area contributed by atoms with Crippen LogP contribution in [0, 0.1) is 0 Å². The zero-order valence-corrected chi connectivity index (χ0v) is 16.3. The van der Waals surface area contributed by atoms with Crippen molar-refractivity contribution in [1.82, 2.24) is 19.8 Å². The van der Waals surface area contributed by atoms with Gasteiger partial charge in [-0.2, -0.15) is 0 Å². The molecule has 0 N–H and O–H groups in total. The number of hydrogen-bond acceptors (Lipinski definition) is 6. The largest absolute Gasteiger partial charge is 0.378 e. The van der Waals surface area contributed by atoms with Crippen LogP contribution in [0.15, 0.2) is 36.7 Å². The molecule has 0 spiro atoms. The molecule has 2 aliphatic rings. The molecule has 0 saturated carbocycles. The van der Waals surface area contributed by atoms with Crippen LogP contribution in [0.2, 0.25) is 0 Å². The molecule has 0 amide bonds. The Morgan fingerprint density at radius 1 is 1.11 bits per heavy atom. The lowest BCUT2D eigenvalue weighted by Crippen LogP contribution is -2.44. The van der Waals surface area contributed by atoms with Gasteiger partial charge in [0, 0.05) is 56.7 Å². The molecule has 6 nitrogen and oxygen atoms in total. The van der Waals surface area contributed by atoms with Crippen molar-refractivity contribution >= 4 is 5.95 Å². The highest BCUT2D eigenvalue weighted by Crippen LogP contribution is 2.22. The highest BCUT2D eigenvalue weighted by molar-refractivity contribution is 5.31. The molecule has 1 aromatic carbocycles. The van der Waals surface area contributed by atoms with Crippen LogP contribution >= 0.6 is 0 Å². The van der Waals surface area contributed by atoms with Crippen LogP contribution in [0.1, 0.15) is 16.7 Å². The summed E-state index contributed by atoms with van der Waals surface area (Å²) in [5.41, 5.74) is 4.12. The van der Waals surface area contributed by atoms with Gasteiger partial charge in [0.15, 0.2) is 0 Å². The molecule has 0 radical (unpaired) electrons. The number of anilines is 1. The first-order valence-corrected chi connectivity index (χ1v) is 9.78. The molecule has 27 heavy (non-hydrogen) atoms. The van der Waals surface area contributed by atoms with E-state index in [0.29, 0.717) is 6.04 Å². The lowest BCUT2D eigenvalue weighted by atomic mass is 9.94. The number of ether oxygens (including phenoxy) is 1. The molecule has 0 aliphatic carbocycles. The third kappa shape index (κ3) is 4.46. The fourth-order valence-corrected chi connectivity index (χ4v) is 4.01. The molecule has 1 aromatic heterocycles. The SMILES string of the molecule is CN(Cc1cnc(N2CCOCC2)nc1)C[C@H]1Cc2ccccc2CN1C. The topological polar surface area (TPSA) is 44.7 Å². The van der Waals surface area contributed by atoms with Gasteiger partial charge in [-0.25, -0.2) is 9.97 Å². The van der Waals surface area contributed by atoms with Crippen LogP contribution in [0.25, 0.3) is 0 Å². The van der Waals surface area contributed by atoms with Gasteiger partial charge < -0.3 is 14.5 Å². The molecule has 3 heterocycles. The summed E-state index contributed by atoms with van der Waals surface area (Å²) in [4.78, 5) is 16.2. The van der Waals surface area contributed by atoms with E-state index in [1.54, 1.807) is 0 Å². The maximum atomic E-state index is 5.39. The van der Waals surface area contributed by atoms with Gasteiger partial charge in [-0.1, -0.05) is 24.3 Å². The van der Waals surface area contributed by atoms with Crippen LogP contribution in [0.4, 0.5) is 5.95 Å². The predicted molar refractivity (Wildman–Crippen MR) is 107 cm³/mol. The number of fused-ring (bicyclic) bond motifs is 1. The van der Waals surface area contributed by atoms with Crippen molar-refractivity contribution in [2.45, 2.75) is 25.6 Å². The Morgan fingerprint density at radius 3 is 2.56 bits per heavy atom. The van der Waals surface area contributed by atoms with Crippen LogP contribution in [0.5, 0.6) is 0 Å². The minimum atomic E-state index is 0.540. The van der Waals surface area contributed by atoms with E-state index in [2.05, 4.69) is 63.0 Å². The molecular weight excluding hydrogens is 338 g/mol. The monoisotopic (exact) mass is 367 g/mol. The van der Waals surface area contributed by atoms with Gasteiger partial charge in [-0.3, -0.25) is 4.90 Å². The Balaban J connectivity index is 1.33. The van der Waals surface area contributed by atoms with Crippen molar-refractivity contribution in [3.63, 3.8) is 0 Å². The summed E-state index contributed by atoms with van der Waals surface area (Å²) in [6.07, 6.45) is 5.05. The molecule has 1 saturated heterocycles. The third-order valence-electron chi connectivity index (χ3n) is 5.58. The number of nitrogens with zero attached hydrogens (tertiary/aromatic N) is 5. The number of benzene rings is 1. The average molecular weight is 367 g/mol. The number of likely N-dealkylation sites (N-methyl/N-ethyl adjacent to an activating group) is 2. The van der Waals surface area contributed by atoms with E-state index in [1.807, 2.05) is 12.4 Å². The Labute approximate surface area is 161 Å². The third-order valence-corrected chi connectivity index (χ3v) is 5.58. The van der Waals surface area contributed by atoms with Gasteiger partial charge in [0.1, 0.15) is 0 Å². The lowest BCUT2D eigenvalue weighted by molar-refractivity contribution is 0.122. The fraction of sp³-hybridized carbons (Fsp3) is 0.524. The van der Waals surface area contributed by atoms with E-state index in [4.69, 9.17) is 4.74 Å². The van der Waals surface area contributed by atoms with Gasteiger partial charge >= 0.3 is 0 Å². The first-order valence-electron chi connectivity index (χ1n) is 9.78. The average Bonchev–Trinajstić information content (AvgIpc) is 2.70. The second kappa shape index (κ2) is 8.33. The van der Waals surface area contributed by atoms with Crippen molar-refractivity contribution in [1.29, 1.82) is 0 Å². The van der Waals surface area contributed by atoms with Gasteiger partial charge in [-0.15, -0.1) is 0 Å². The van der Waals surface area contributed by atoms with E-state index >= 15 is 0 Å². The highest BCUT2D eigenvalue weighted by atomic mass is 16.5. The van der Waals surface area contributed by atoms with Crippen molar-refractivity contribution in [2.75, 3.05) is 51.8 Å². The summed E-state index contributed by atoms with van der Waals surface area (Å²) in [6, 6.07) is 9.35. The van der Waals surface area contributed by atoms with Gasteiger partial charge in [0.25, 0.3) is 0 Å². The van der Waals surface area contributed by atoms with E-state index in [1.165, 1.54) is 11.1 Å². The van der Waals surface area contributed by atoms with Gasteiger partial charge in [-0.05, 0) is 31.6 Å². The van der Waals surface area contributed by atoms with Crippen LogP contribution < -0.4 is 4.90 Å². The van der Waals surface area contributed by atoms with Crippen LogP contribution in [-0.4, -0.2) is 72.8 Å².